The zero-order valence-corrected chi connectivity index (χ0v) is 16.9. The van der Waals surface area contributed by atoms with Gasteiger partial charge >= 0.3 is 0 Å². The van der Waals surface area contributed by atoms with Crippen LogP contribution < -0.4 is 30.7 Å². The summed E-state index contributed by atoms with van der Waals surface area (Å²) in [6, 6.07) is 14.2. The molecule has 0 amide bonds. The number of hydrogen-bond acceptors (Lipinski definition) is 6. The molecule has 3 aromatic rings. The molecule has 0 spiro atoms. The lowest BCUT2D eigenvalue weighted by Crippen LogP contribution is -2.51. The molecular formula is C23H24FN3O3. The van der Waals surface area contributed by atoms with Gasteiger partial charge in [0.05, 0.1) is 7.11 Å². The second-order valence-corrected chi connectivity index (χ2v) is 7.32. The SMILES string of the molecule is COc1ccccc1CCNc1c(N2CCN(c3ccc(F)cc3)CC2)c(=O)c1=O. The largest absolute Gasteiger partial charge is 0.496 e. The summed E-state index contributed by atoms with van der Waals surface area (Å²) in [5.41, 5.74) is 2.01. The molecule has 1 aliphatic rings. The standard InChI is InChI=1S/C23H24FN3O3/c1-30-19-5-3-2-4-16(19)10-11-25-20-21(23(29)22(20)28)27-14-12-26(13-15-27)18-8-6-17(24)7-9-18/h2-9,25H,10-15H2,1H3. The Morgan fingerprint density at radius 1 is 0.933 bits per heavy atom. The average molecular weight is 409 g/mol. The second-order valence-electron chi connectivity index (χ2n) is 7.32. The Hall–Kier alpha value is -3.35. The van der Waals surface area contributed by atoms with Crippen molar-refractivity contribution in [1.29, 1.82) is 0 Å². The van der Waals surface area contributed by atoms with Gasteiger partial charge in [-0.3, -0.25) is 9.59 Å². The first-order valence-corrected chi connectivity index (χ1v) is 10.0. The van der Waals surface area contributed by atoms with Gasteiger partial charge in [0, 0.05) is 38.4 Å². The minimum atomic E-state index is -0.453. The molecule has 7 heteroatoms. The third-order valence-electron chi connectivity index (χ3n) is 5.56. The molecule has 3 aromatic carbocycles. The maximum absolute atomic E-state index is 13.1. The normalized spacial score (nSPS) is 14.2. The minimum absolute atomic E-state index is 0.259. The summed E-state index contributed by atoms with van der Waals surface area (Å²) in [6.45, 7) is 3.19. The summed E-state index contributed by atoms with van der Waals surface area (Å²) in [6.07, 6.45) is 0.681. The van der Waals surface area contributed by atoms with E-state index in [1.165, 1.54) is 12.1 Å². The third kappa shape index (κ3) is 3.87. The quantitative estimate of drug-likeness (QED) is 0.605. The molecule has 156 valence electrons. The Kier molecular flexibility index (Phi) is 5.70. The molecule has 0 aromatic heterocycles. The van der Waals surface area contributed by atoms with Crippen LogP contribution in [0.15, 0.2) is 58.1 Å². The molecule has 1 N–H and O–H groups in total. The van der Waals surface area contributed by atoms with Crippen molar-refractivity contribution in [2.24, 2.45) is 0 Å². The second kappa shape index (κ2) is 8.57. The predicted octanol–water partition coefficient (Wildman–Crippen LogP) is 2.41. The molecule has 1 fully saturated rings. The molecular weight excluding hydrogens is 385 g/mol. The number of anilines is 3. The van der Waals surface area contributed by atoms with E-state index in [1.54, 1.807) is 19.2 Å². The smallest absolute Gasteiger partial charge is 0.253 e. The number of rotatable bonds is 7. The first-order valence-electron chi connectivity index (χ1n) is 10.0. The van der Waals surface area contributed by atoms with Gasteiger partial charge < -0.3 is 19.9 Å². The molecule has 30 heavy (non-hydrogen) atoms. The first-order chi connectivity index (χ1) is 14.6. The first kappa shape index (κ1) is 19.9. The number of halogens is 1. The van der Waals surface area contributed by atoms with Crippen LogP contribution >= 0.6 is 0 Å². The molecule has 4 rings (SSSR count). The highest BCUT2D eigenvalue weighted by atomic mass is 19.1. The summed E-state index contributed by atoms with van der Waals surface area (Å²) in [7, 11) is 1.63. The van der Waals surface area contributed by atoms with E-state index in [-0.39, 0.29) is 5.82 Å². The van der Waals surface area contributed by atoms with Crippen molar-refractivity contribution in [1.82, 2.24) is 0 Å². The molecule has 0 atom stereocenters. The maximum Gasteiger partial charge on any atom is 0.253 e. The minimum Gasteiger partial charge on any atom is -0.496 e. The van der Waals surface area contributed by atoms with Gasteiger partial charge in [0.25, 0.3) is 10.9 Å². The van der Waals surface area contributed by atoms with Crippen LogP contribution in [0.3, 0.4) is 0 Å². The zero-order valence-electron chi connectivity index (χ0n) is 16.9. The lowest BCUT2D eigenvalue weighted by molar-refractivity contribution is 0.410. The van der Waals surface area contributed by atoms with Crippen molar-refractivity contribution in [2.45, 2.75) is 6.42 Å². The fraction of sp³-hybridized carbons (Fsp3) is 0.304. The molecule has 0 radical (unpaired) electrons. The van der Waals surface area contributed by atoms with E-state index >= 15 is 0 Å². The highest BCUT2D eigenvalue weighted by Gasteiger charge is 2.28. The molecule has 0 saturated carbocycles. The van der Waals surface area contributed by atoms with Gasteiger partial charge in [-0.05, 0) is 42.3 Å². The van der Waals surface area contributed by atoms with Crippen LogP contribution in [0.2, 0.25) is 0 Å². The van der Waals surface area contributed by atoms with Crippen LogP contribution in [0, 0.1) is 5.82 Å². The van der Waals surface area contributed by atoms with Crippen LogP contribution in [-0.2, 0) is 6.42 Å². The monoisotopic (exact) mass is 409 g/mol. The van der Waals surface area contributed by atoms with Crippen molar-refractivity contribution in [3.63, 3.8) is 0 Å². The van der Waals surface area contributed by atoms with Crippen LogP contribution in [-0.4, -0.2) is 39.8 Å². The lowest BCUT2D eigenvalue weighted by Gasteiger charge is -2.38. The van der Waals surface area contributed by atoms with E-state index in [2.05, 4.69) is 10.2 Å². The van der Waals surface area contributed by atoms with Crippen molar-refractivity contribution < 1.29 is 9.13 Å². The van der Waals surface area contributed by atoms with Crippen LogP contribution in [0.25, 0.3) is 0 Å². The topological polar surface area (TPSA) is 61.9 Å². The van der Waals surface area contributed by atoms with Crippen molar-refractivity contribution in [3.8, 4) is 5.75 Å². The zero-order chi connectivity index (χ0) is 21.1. The Morgan fingerprint density at radius 3 is 2.30 bits per heavy atom. The van der Waals surface area contributed by atoms with Gasteiger partial charge in [-0.2, -0.15) is 0 Å². The van der Waals surface area contributed by atoms with Gasteiger partial charge in [0.1, 0.15) is 22.9 Å². The fourth-order valence-corrected chi connectivity index (χ4v) is 3.92. The molecule has 0 unspecified atom stereocenters. The van der Waals surface area contributed by atoms with Crippen LogP contribution in [0.4, 0.5) is 21.5 Å². The Bertz CT molecular complexity index is 1080. The van der Waals surface area contributed by atoms with E-state index < -0.39 is 10.9 Å². The van der Waals surface area contributed by atoms with Gasteiger partial charge in [-0.15, -0.1) is 0 Å². The van der Waals surface area contributed by atoms with E-state index in [1.807, 2.05) is 29.2 Å². The highest BCUT2D eigenvalue weighted by molar-refractivity contribution is 5.75. The molecule has 0 bridgehead atoms. The Balaban J connectivity index is 1.38. The molecule has 6 nitrogen and oxygen atoms in total. The van der Waals surface area contributed by atoms with Crippen LogP contribution in [0.1, 0.15) is 5.56 Å². The number of ether oxygens (including phenoxy) is 1. The molecule has 1 saturated heterocycles. The predicted molar refractivity (Wildman–Crippen MR) is 117 cm³/mol. The van der Waals surface area contributed by atoms with E-state index in [9.17, 15) is 14.0 Å². The van der Waals surface area contributed by atoms with Crippen molar-refractivity contribution in [2.75, 3.05) is 55.0 Å². The van der Waals surface area contributed by atoms with Crippen molar-refractivity contribution in [3.05, 3.63) is 80.4 Å². The van der Waals surface area contributed by atoms with Crippen LogP contribution in [0.5, 0.6) is 5.75 Å². The van der Waals surface area contributed by atoms with Gasteiger partial charge in [0.15, 0.2) is 0 Å². The summed E-state index contributed by atoms with van der Waals surface area (Å²) in [5, 5.41) is 3.15. The summed E-state index contributed by atoms with van der Waals surface area (Å²) in [5.74, 6) is 0.548. The van der Waals surface area contributed by atoms with Gasteiger partial charge in [-0.1, -0.05) is 18.2 Å². The number of nitrogens with one attached hydrogen (secondary N) is 1. The summed E-state index contributed by atoms with van der Waals surface area (Å²) < 4.78 is 18.5. The number of nitrogens with zero attached hydrogens (tertiary/aromatic N) is 2. The number of para-hydroxylation sites is 1. The van der Waals surface area contributed by atoms with Crippen molar-refractivity contribution >= 4 is 17.1 Å². The van der Waals surface area contributed by atoms with E-state index in [0.29, 0.717) is 50.5 Å². The fourth-order valence-electron chi connectivity index (χ4n) is 3.92. The van der Waals surface area contributed by atoms with Gasteiger partial charge in [0.2, 0.25) is 0 Å². The lowest BCUT2D eigenvalue weighted by atomic mass is 10.1. The molecule has 1 aliphatic heterocycles. The summed E-state index contributed by atoms with van der Waals surface area (Å²) in [4.78, 5) is 28.5. The van der Waals surface area contributed by atoms with E-state index in [0.717, 1.165) is 17.0 Å². The average Bonchev–Trinajstić information content (AvgIpc) is 2.79. The number of hydrogen-bond donors (Lipinski definition) is 1. The summed E-state index contributed by atoms with van der Waals surface area (Å²) >= 11 is 0. The Morgan fingerprint density at radius 2 is 1.60 bits per heavy atom. The Labute approximate surface area is 174 Å². The van der Waals surface area contributed by atoms with Gasteiger partial charge in [-0.25, -0.2) is 4.39 Å². The number of methoxy groups -OCH3 is 1. The number of benzene rings is 2. The molecule has 1 heterocycles. The number of piperazine rings is 1. The maximum atomic E-state index is 13.1. The third-order valence-corrected chi connectivity index (χ3v) is 5.56. The molecule has 0 aliphatic carbocycles. The van der Waals surface area contributed by atoms with E-state index in [4.69, 9.17) is 4.74 Å². The highest BCUT2D eigenvalue weighted by Crippen LogP contribution is 2.24.